The first kappa shape index (κ1) is 12.5. The molecule has 0 saturated carbocycles. The minimum atomic E-state index is -0.451. The number of anilines is 1. The van der Waals surface area contributed by atoms with Crippen LogP contribution in [0.1, 0.15) is 19.5 Å². The summed E-state index contributed by atoms with van der Waals surface area (Å²) in [6.07, 6.45) is 1.63. The van der Waals surface area contributed by atoms with Gasteiger partial charge in [-0.1, -0.05) is 13.8 Å². The van der Waals surface area contributed by atoms with E-state index in [1.54, 1.807) is 6.20 Å². The number of piperazine rings is 1. The molecule has 1 fully saturated rings. The molecule has 18 heavy (non-hydrogen) atoms. The molecule has 0 aliphatic carbocycles. The summed E-state index contributed by atoms with van der Waals surface area (Å²) in [7, 11) is 0. The molecule has 1 N–H and O–H groups in total. The highest BCUT2D eigenvalue weighted by Crippen LogP contribution is 2.19. The number of pyridine rings is 1. The molecule has 5 nitrogen and oxygen atoms in total. The molecule has 0 aromatic carbocycles. The van der Waals surface area contributed by atoms with Gasteiger partial charge in [-0.3, -0.25) is 19.5 Å². The predicted octanol–water partition coefficient (Wildman–Crippen LogP) is 0.877. The Kier molecular flexibility index (Phi) is 3.32. The smallest absolute Gasteiger partial charge is 0.250 e. The third-order valence-corrected chi connectivity index (χ3v) is 3.02. The lowest BCUT2D eigenvalue weighted by Crippen LogP contribution is -2.60. The second kappa shape index (κ2) is 4.76. The fraction of sp³-hybridized carbons (Fsp3) is 0.462. The molecule has 2 heterocycles. The lowest BCUT2D eigenvalue weighted by Gasteiger charge is -2.34. The number of aromatic nitrogens is 1. The van der Waals surface area contributed by atoms with Crippen molar-refractivity contribution in [1.29, 1.82) is 0 Å². The minimum Gasteiger partial charge on any atom is -0.342 e. The highest BCUT2D eigenvalue weighted by molar-refractivity contribution is 6.06. The van der Waals surface area contributed by atoms with Gasteiger partial charge in [0.15, 0.2) is 0 Å². The summed E-state index contributed by atoms with van der Waals surface area (Å²) >= 11 is 0. The fourth-order valence-electron chi connectivity index (χ4n) is 1.96. The zero-order valence-corrected chi connectivity index (χ0v) is 10.8. The van der Waals surface area contributed by atoms with Gasteiger partial charge in [0, 0.05) is 5.69 Å². The number of nitrogens with one attached hydrogen (secondary N) is 1. The Labute approximate surface area is 106 Å². The van der Waals surface area contributed by atoms with Gasteiger partial charge in [0.05, 0.1) is 11.9 Å². The van der Waals surface area contributed by atoms with Crippen molar-refractivity contribution in [3.63, 3.8) is 0 Å². The van der Waals surface area contributed by atoms with Crippen LogP contribution in [-0.2, 0) is 9.59 Å². The van der Waals surface area contributed by atoms with Gasteiger partial charge in [0.1, 0.15) is 12.6 Å². The topological polar surface area (TPSA) is 62.3 Å². The SMILES string of the molecule is Cc1ccc(N2CC(=O)NC(C(C)C)C2=O)cn1. The molecule has 1 aromatic rings. The van der Waals surface area contributed by atoms with E-state index in [9.17, 15) is 9.59 Å². The standard InChI is InChI=1S/C13H17N3O2/c1-8(2)12-13(18)16(7-11(17)15-12)10-5-4-9(3)14-6-10/h4-6,8,12H,7H2,1-3H3,(H,15,17). The molecule has 1 unspecified atom stereocenters. The van der Waals surface area contributed by atoms with Crippen LogP contribution in [-0.4, -0.2) is 29.4 Å². The summed E-state index contributed by atoms with van der Waals surface area (Å²) < 4.78 is 0. The first-order valence-electron chi connectivity index (χ1n) is 6.02. The molecule has 1 aliphatic rings. The number of carbonyl (C=O) groups is 2. The Bertz CT molecular complexity index is 468. The first-order chi connectivity index (χ1) is 8.49. The summed E-state index contributed by atoms with van der Waals surface area (Å²) in [5.41, 5.74) is 1.55. The van der Waals surface area contributed by atoms with Crippen LogP contribution >= 0.6 is 0 Å². The van der Waals surface area contributed by atoms with Crippen LogP contribution in [0.3, 0.4) is 0 Å². The number of rotatable bonds is 2. The second-order valence-corrected chi connectivity index (χ2v) is 4.87. The highest BCUT2D eigenvalue weighted by atomic mass is 16.2. The van der Waals surface area contributed by atoms with E-state index < -0.39 is 6.04 Å². The van der Waals surface area contributed by atoms with Crippen LogP contribution < -0.4 is 10.2 Å². The number of hydrogen-bond acceptors (Lipinski definition) is 3. The van der Waals surface area contributed by atoms with Crippen molar-refractivity contribution in [3.8, 4) is 0 Å². The van der Waals surface area contributed by atoms with Gasteiger partial charge in [0.25, 0.3) is 0 Å². The molecule has 1 saturated heterocycles. The van der Waals surface area contributed by atoms with Crippen molar-refractivity contribution >= 4 is 17.5 Å². The molecule has 2 rings (SSSR count). The molecule has 96 valence electrons. The first-order valence-corrected chi connectivity index (χ1v) is 6.02. The van der Waals surface area contributed by atoms with E-state index in [2.05, 4.69) is 10.3 Å². The van der Waals surface area contributed by atoms with E-state index in [0.717, 1.165) is 5.69 Å². The zero-order valence-electron chi connectivity index (χ0n) is 10.8. The van der Waals surface area contributed by atoms with Crippen LogP contribution in [0.2, 0.25) is 0 Å². The van der Waals surface area contributed by atoms with Gasteiger partial charge in [-0.25, -0.2) is 0 Å². The van der Waals surface area contributed by atoms with Crippen molar-refractivity contribution in [2.75, 3.05) is 11.4 Å². The van der Waals surface area contributed by atoms with Crippen molar-refractivity contribution in [1.82, 2.24) is 10.3 Å². The fourth-order valence-corrected chi connectivity index (χ4v) is 1.96. The van der Waals surface area contributed by atoms with Crippen LogP contribution in [0.25, 0.3) is 0 Å². The van der Waals surface area contributed by atoms with Crippen LogP contribution in [0.15, 0.2) is 18.3 Å². The van der Waals surface area contributed by atoms with Crippen LogP contribution in [0, 0.1) is 12.8 Å². The molecule has 0 spiro atoms. The van der Waals surface area contributed by atoms with Gasteiger partial charge in [0.2, 0.25) is 11.8 Å². The van der Waals surface area contributed by atoms with Crippen LogP contribution in [0.4, 0.5) is 5.69 Å². The maximum atomic E-state index is 12.3. The van der Waals surface area contributed by atoms with Gasteiger partial charge in [-0.05, 0) is 25.0 Å². The monoisotopic (exact) mass is 247 g/mol. The third kappa shape index (κ3) is 2.34. The van der Waals surface area contributed by atoms with Crippen molar-refractivity contribution in [2.45, 2.75) is 26.8 Å². The normalized spacial score (nSPS) is 20.2. The lowest BCUT2D eigenvalue weighted by atomic mass is 10.0. The second-order valence-electron chi connectivity index (χ2n) is 4.87. The largest absolute Gasteiger partial charge is 0.342 e. The average molecular weight is 247 g/mol. The van der Waals surface area contributed by atoms with E-state index in [-0.39, 0.29) is 24.3 Å². The zero-order chi connectivity index (χ0) is 13.3. The Morgan fingerprint density at radius 1 is 1.39 bits per heavy atom. The summed E-state index contributed by atoms with van der Waals surface area (Å²) in [4.78, 5) is 29.6. The van der Waals surface area contributed by atoms with E-state index >= 15 is 0 Å². The number of aryl methyl sites for hydroxylation is 1. The highest BCUT2D eigenvalue weighted by Gasteiger charge is 2.35. The van der Waals surface area contributed by atoms with Gasteiger partial charge >= 0.3 is 0 Å². The molecule has 1 atom stereocenters. The van der Waals surface area contributed by atoms with Gasteiger partial charge < -0.3 is 5.32 Å². The van der Waals surface area contributed by atoms with Gasteiger partial charge in [-0.2, -0.15) is 0 Å². The quantitative estimate of drug-likeness (QED) is 0.843. The molecular formula is C13H17N3O2. The minimum absolute atomic E-state index is 0.0623. The maximum absolute atomic E-state index is 12.3. The van der Waals surface area contributed by atoms with E-state index in [4.69, 9.17) is 0 Å². The average Bonchev–Trinajstić information content (AvgIpc) is 2.32. The molecule has 5 heteroatoms. The Morgan fingerprint density at radius 2 is 2.11 bits per heavy atom. The van der Waals surface area contributed by atoms with E-state index in [1.807, 2.05) is 32.9 Å². The molecule has 1 aromatic heterocycles. The number of hydrogen-bond donors (Lipinski definition) is 1. The summed E-state index contributed by atoms with van der Waals surface area (Å²) in [5, 5.41) is 2.73. The summed E-state index contributed by atoms with van der Waals surface area (Å²) in [6.45, 7) is 5.78. The Morgan fingerprint density at radius 3 is 2.67 bits per heavy atom. The molecule has 0 bridgehead atoms. The summed E-state index contributed by atoms with van der Waals surface area (Å²) in [6, 6.07) is 3.20. The van der Waals surface area contributed by atoms with Crippen molar-refractivity contribution < 1.29 is 9.59 Å². The summed E-state index contributed by atoms with van der Waals surface area (Å²) in [5.74, 6) is -0.133. The third-order valence-electron chi connectivity index (χ3n) is 3.02. The molecular weight excluding hydrogens is 230 g/mol. The molecule has 1 aliphatic heterocycles. The Balaban J connectivity index is 2.28. The Hall–Kier alpha value is -1.91. The number of nitrogens with zero attached hydrogens (tertiary/aromatic N) is 2. The van der Waals surface area contributed by atoms with E-state index in [1.165, 1.54) is 4.90 Å². The van der Waals surface area contributed by atoms with Crippen molar-refractivity contribution in [3.05, 3.63) is 24.0 Å². The van der Waals surface area contributed by atoms with Gasteiger partial charge in [-0.15, -0.1) is 0 Å². The van der Waals surface area contributed by atoms with Crippen molar-refractivity contribution in [2.24, 2.45) is 5.92 Å². The molecule has 2 amide bonds. The van der Waals surface area contributed by atoms with E-state index in [0.29, 0.717) is 5.69 Å². The molecule has 0 radical (unpaired) electrons. The maximum Gasteiger partial charge on any atom is 0.250 e. The lowest BCUT2D eigenvalue weighted by molar-refractivity contribution is -0.132. The number of amides is 2. The predicted molar refractivity (Wildman–Crippen MR) is 68.1 cm³/mol. The van der Waals surface area contributed by atoms with Crippen LogP contribution in [0.5, 0.6) is 0 Å². The number of carbonyl (C=O) groups excluding carboxylic acids is 2.